The van der Waals surface area contributed by atoms with Crippen LogP contribution in [0.2, 0.25) is 0 Å². The van der Waals surface area contributed by atoms with E-state index in [4.69, 9.17) is 4.74 Å². The highest BCUT2D eigenvalue weighted by Crippen LogP contribution is 2.24. The summed E-state index contributed by atoms with van der Waals surface area (Å²) in [6, 6.07) is 3.79. The molecule has 0 unspecified atom stereocenters. The quantitative estimate of drug-likeness (QED) is 0.866. The van der Waals surface area contributed by atoms with Crippen LogP contribution in [0.3, 0.4) is 0 Å². The minimum atomic E-state index is -0.0152. The fraction of sp³-hybridized carbons (Fsp3) is 0.643. The van der Waals surface area contributed by atoms with Gasteiger partial charge >= 0.3 is 0 Å². The Morgan fingerprint density at radius 3 is 2.68 bits per heavy atom. The lowest BCUT2D eigenvalue weighted by Gasteiger charge is -2.29. The van der Waals surface area contributed by atoms with Crippen molar-refractivity contribution in [1.82, 2.24) is 4.98 Å². The molecule has 19 heavy (non-hydrogen) atoms. The van der Waals surface area contributed by atoms with E-state index in [2.05, 4.69) is 27.8 Å². The van der Waals surface area contributed by atoms with Gasteiger partial charge in [0.15, 0.2) is 0 Å². The second kappa shape index (κ2) is 5.25. The first kappa shape index (κ1) is 12.5. The third kappa shape index (κ3) is 2.76. The Bertz CT molecular complexity index is 468. The maximum absolute atomic E-state index is 11.9. The predicted molar refractivity (Wildman–Crippen MR) is 76.1 cm³/mol. The standard InChI is InChI=1S/C14H21N3O2/c1-11-2-3-17(10-11)13-8-12(9-14(18)15-13)16-4-6-19-7-5-16/h8-9,11H,2-7,10H2,1H3,(H,15,18)/t11-/m1/s1. The van der Waals surface area contributed by atoms with E-state index in [-0.39, 0.29) is 5.56 Å². The highest BCUT2D eigenvalue weighted by molar-refractivity contribution is 5.55. The number of pyridine rings is 1. The average molecular weight is 263 g/mol. The van der Waals surface area contributed by atoms with Crippen LogP contribution in [0, 0.1) is 5.92 Å². The van der Waals surface area contributed by atoms with Crippen molar-refractivity contribution in [2.75, 3.05) is 49.2 Å². The first-order valence-corrected chi connectivity index (χ1v) is 7.04. The van der Waals surface area contributed by atoms with Crippen LogP contribution in [0.4, 0.5) is 11.5 Å². The zero-order valence-corrected chi connectivity index (χ0v) is 11.4. The third-order valence-electron chi connectivity index (χ3n) is 3.96. The van der Waals surface area contributed by atoms with Gasteiger partial charge in [0.25, 0.3) is 5.56 Å². The predicted octanol–water partition coefficient (Wildman–Crippen LogP) is 1.06. The Hall–Kier alpha value is -1.49. The normalized spacial score (nSPS) is 23.9. The van der Waals surface area contributed by atoms with E-state index in [9.17, 15) is 4.79 Å². The second-order valence-corrected chi connectivity index (χ2v) is 5.53. The van der Waals surface area contributed by atoms with Gasteiger partial charge in [0.05, 0.1) is 13.2 Å². The van der Waals surface area contributed by atoms with Crippen LogP contribution >= 0.6 is 0 Å². The van der Waals surface area contributed by atoms with Gasteiger partial charge in [-0.2, -0.15) is 0 Å². The van der Waals surface area contributed by atoms with Crippen LogP contribution in [0.15, 0.2) is 16.9 Å². The van der Waals surface area contributed by atoms with Crippen molar-refractivity contribution < 1.29 is 4.74 Å². The van der Waals surface area contributed by atoms with Crippen molar-refractivity contribution in [1.29, 1.82) is 0 Å². The van der Waals surface area contributed by atoms with Crippen LogP contribution in [0.25, 0.3) is 0 Å². The van der Waals surface area contributed by atoms with Crippen molar-refractivity contribution in [2.45, 2.75) is 13.3 Å². The zero-order chi connectivity index (χ0) is 13.2. The summed E-state index contributed by atoms with van der Waals surface area (Å²) in [5.74, 6) is 1.66. The molecule has 2 aliphatic rings. The molecule has 0 amide bonds. The summed E-state index contributed by atoms with van der Waals surface area (Å²) < 4.78 is 5.36. The molecular formula is C14H21N3O2. The Morgan fingerprint density at radius 1 is 1.21 bits per heavy atom. The number of hydrogen-bond acceptors (Lipinski definition) is 4. The Morgan fingerprint density at radius 2 is 2.00 bits per heavy atom. The summed E-state index contributed by atoms with van der Waals surface area (Å²) in [6.07, 6.45) is 1.20. The molecule has 0 radical (unpaired) electrons. The average Bonchev–Trinajstić information content (AvgIpc) is 2.86. The smallest absolute Gasteiger partial charge is 0.251 e. The number of nitrogens with one attached hydrogen (secondary N) is 1. The van der Waals surface area contributed by atoms with Gasteiger partial charge in [0.2, 0.25) is 0 Å². The van der Waals surface area contributed by atoms with Crippen molar-refractivity contribution in [2.24, 2.45) is 5.92 Å². The van der Waals surface area contributed by atoms with Crippen LogP contribution < -0.4 is 15.4 Å². The van der Waals surface area contributed by atoms with E-state index in [1.807, 2.05) is 0 Å². The Balaban J connectivity index is 1.85. The van der Waals surface area contributed by atoms with Crippen molar-refractivity contribution in [3.8, 4) is 0 Å². The molecule has 1 aromatic heterocycles. The minimum Gasteiger partial charge on any atom is -0.378 e. The molecule has 0 aliphatic carbocycles. The Labute approximate surface area is 113 Å². The molecule has 1 aromatic rings. The number of hydrogen-bond donors (Lipinski definition) is 1. The molecule has 0 aromatic carbocycles. The molecule has 2 saturated heterocycles. The molecular weight excluding hydrogens is 242 g/mol. The van der Waals surface area contributed by atoms with Crippen molar-refractivity contribution in [3.05, 3.63) is 22.5 Å². The number of aromatic nitrogens is 1. The summed E-state index contributed by atoms with van der Waals surface area (Å²) >= 11 is 0. The summed E-state index contributed by atoms with van der Waals surface area (Å²) in [5.41, 5.74) is 1.00. The molecule has 2 aliphatic heterocycles. The molecule has 1 N–H and O–H groups in total. The fourth-order valence-corrected chi connectivity index (χ4v) is 2.84. The second-order valence-electron chi connectivity index (χ2n) is 5.53. The summed E-state index contributed by atoms with van der Waals surface area (Å²) in [6.45, 7) is 7.51. The molecule has 5 heteroatoms. The lowest BCUT2D eigenvalue weighted by atomic mass is 10.2. The first-order valence-electron chi connectivity index (χ1n) is 7.04. The number of rotatable bonds is 2. The van der Waals surface area contributed by atoms with Crippen LogP contribution in [0.5, 0.6) is 0 Å². The fourth-order valence-electron chi connectivity index (χ4n) is 2.84. The van der Waals surface area contributed by atoms with Crippen molar-refractivity contribution >= 4 is 11.5 Å². The van der Waals surface area contributed by atoms with E-state index in [1.165, 1.54) is 6.42 Å². The van der Waals surface area contributed by atoms with Gasteiger partial charge in [-0.3, -0.25) is 4.79 Å². The topological polar surface area (TPSA) is 48.6 Å². The molecule has 0 bridgehead atoms. The highest BCUT2D eigenvalue weighted by atomic mass is 16.5. The van der Waals surface area contributed by atoms with Gasteiger partial charge in [0.1, 0.15) is 5.82 Å². The number of aromatic amines is 1. The lowest BCUT2D eigenvalue weighted by Crippen LogP contribution is -2.37. The van der Waals surface area contributed by atoms with Crippen LogP contribution in [0.1, 0.15) is 13.3 Å². The molecule has 3 rings (SSSR count). The first-order chi connectivity index (χ1) is 9.22. The maximum atomic E-state index is 11.9. The molecule has 2 fully saturated rings. The molecule has 5 nitrogen and oxygen atoms in total. The molecule has 1 atom stereocenters. The van der Waals surface area contributed by atoms with Gasteiger partial charge in [-0.15, -0.1) is 0 Å². The van der Waals surface area contributed by atoms with E-state index in [0.29, 0.717) is 5.92 Å². The van der Waals surface area contributed by atoms with Gasteiger partial charge < -0.3 is 19.5 Å². The van der Waals surface area contributed by atoms with E-state index < -0.39 is 0 Å². The highest BCUT2D eigenvalue weighted by Gasteiger charge is 2.21. The Kier molecular flexibility index (Phi) is 3.46. The van der Waals surface area contributed by atoms with E-state index >= 15 is 0 Å². The van der Waals surface area contributed by atoms with Gasteiger partial charge in [0, 0.05) is 44.0 Å². The van der Waals surface area contributed by atoms with Crippen LogP contribution in [-0.2, 0) is 4.74 Å². The lowest BCUT2D eigenvalue weighted by molar-refractivity contribution is 0.122. The number of H-pyrrole nitrogens is 1. The largest absolute Gasteiger partial charge is 0.378 e. The number of anilines is 2. The summed E-state index contributed by atoms with van der Waals surface area (Å²) in [5, 5.41) is 0. The molecule has 104 valence electrons. The van der Waals surface area contributed by atoms with E-state index in [0.717, 1.165) is 50.9 Å². The van der Waals surface area contributed by atoms with Crippen LogP contribution in [-0.4, -0.2) is 44.4 Å². The van der Waals surface area contributed by atoms with Crippen molar-refractivity contribution in [3.63, 3.8) is 0 Å². The summed E-state index contributed by atoms with van der Waals surface area (Å²) in [7, 11) is 0. The maximum Gasteiger partial charge on any atom is 0.251 e. The molecule has 3 heterocycles. The zero-order valence-electron chi connectivity index (χ0n) is 11.4. The number of ether oxygens (including phenoxy) is 1. The number of nitrogens with zero attached hydrogens (tertiary/aromatic N) is 2. The third-order valence-corrected chi connectivity index (χ3v) is 3.96. The minimum absolute atomic E-state index is 0.0152. The summed E-state index contributed by atoms with van der Waals surface area (Å²) in [4.78, 5) is 19.3. The monoisotopic (exact) mass is 263 g/mol. The SMILES string of the molecule is C[C@@H]1CCN(c2cc(N3CCOCC3)cc(=O)[nH]2)C1. The van der Waals surface area contributed by atoms with E-state index in [1.54, 1.807) is 6.07 Å². The van der Waals surface area contributed by atoms with Gasteiger partial charge in [-0.25, -0.2) is 0 Å². The molecule has 0 spiro atoms. The number of morpholine rings is 1. The van der Waals surface area contributed by atoms with Gasteiger partial charge in [-0.05, 0) is 12.3 Å². The van der Waals surface area contributed by atoms with Gasteiger partial charge in [-0.1, -0.05) is 6.92 Å². The molecule has 0 saturated carbocycles.